The number of aromatic nitrogens is 2. The van der Waals surface area contributed by atoms with Crippen molar-refractivity contribution in [1.82, 2.24) is 20.2 Å². The lowest BCUT2D eigenvalue weighted by molar-refractivity contribution is -0.137. The van der Waals surface area contributed by atoms with Gasteiger partial charge in [0, 0.05) is 50.1 Å². The molecule has 4 heterocycles. The van der Waals surface area contributed by atoms with E-state index in [1.807, 2.05) is 11.8 Å². The molecule has 3 fully saturated rings. The molecule has 2 aromatic rings. The molecule has 42 heavy (non-hydrogen) atoms. The first-order valence-electron chi connectivity index (χ1n) is 15.0. The molecule has 0 bridgehead atoms. The highest BCUT2D eigenvalue weighted by Gasteiger charge is 2.33. The van der Waals surface area contributed by atoms with E-state index in [0.717, 1.165) is 74.1 Å². The van der Waals surface area contributed by atoms with Gasteiger partial charge >= 0.3 is 6.18 Å². The topological polar surface area (TPSA) is 85.8 Å². The van der Waals surface area contributed by atoms with E-state index in [4.69, 9.17) is 14.2 Å². The van der Waals surface area contributed by atoms with Crippen LogP contribution in [0.1, 0.15) is 83.9 Å². The molecule has 230 valence electrons. The predicted molar refractivity (Wildman–Crippen MR) is 150 cm³/mol. The number of ether oxygens (including phenoxy) is 3. The van der Waals surface area contributed by atoms with Gasteiger partial charge in [-0.1, -0.05) is 12.1 Å². The molecule has 1 aromatic heterocycles. The van der Waals surface area contributed by atoms with Gasteiger partial charge in [-0.15, -0.1) is 0 Å². The molecule has 1 N–H and O–H groups in total. The molecule has 0 spiro atoms. The van der Waals surface area contributed by atoms with Crippen LogP contribution < -0.4 is 5.32 Å². The SMILES string of the molecule is CO[C@@H]1COCC[C@@H]1NC1CCN(C(=O)c2ncnc(CC[C@H]3CCC[C@@H](c4ccc(C(F)(F)F)cc4)O3)c2C)CC1. The average molecular weight is 591 g/mol. The number of carbonyl (C=O) groups excluding carboxylic acids is 1. The fourth-order valence-corrected chi connectivity index (χ4v) is 6.33. The van der Waals surface area contributed by atoms with Crippen LogP contribution in [0.4, 0.5) is 13.2 Å². The second-order valence-corrected chi connectivity index (χ2v) is 11.6. The highest BCUT2D eigenvalue weighted by Crippen LogP contribution is 2.35. The maximum atomic E-state index is 13.4. The van der Waals surface area contributed by atoms with E-state index < -0.39 is 11.7 Å². The highest BCUT2D eigenvalue weighted by molar-refractivity contribution is 5.93. The van der Waals surface area contributed by atoms with Crippen molar-refractivity contribution in [3.8, 4) is 0 Å². The molecular formula is C31H41F3N4O4. The Morgan fingerprint density at radius 3 is 2.57 bits per heavy atom. The Morgan fingerprint density at radius 2 is 1.86 bits per heavy atom. The Kier molecular flexibility index (Phi) is 10.1. The predicted octanol–water partition coefficient (Wildman–Crippen LogP) is 5.04. The van der Waals surface area contributed by atoms with Gasteiger partial charge in [0.15, 0.2) is 0 Å². The number of benzene rings is 1. The Bertz CT molecular complexity index is 1190. The van der Waals surface area contributed by atoms with Crippen LogP contribution in [-0.2, 0) is 26.8 Å². The van der Waals surface area contributed by atoms with Crippen molar-refractivity contribution in [3.05, 3.63) is 58.7 Å². The van der Waals surface area contributed by atoms with Gasteiger partial charge in [-0.2, -0.15) is 13.2 Å². The minimum Gasteiger partial charge on any atom is -0.379 e. The van der Waals surface area contributed by atoms with Gasteiger partial charge in [-0.25, -0.2) is 9.97 Å². The summed E-state index contributed by atoms with van der Waals surface area (Å²) in [6.07, 6.45) is 3.53. The quantitative estimate of drug-likeness (QED) is 0.461. The number of methoxy groups -OCH3 is 1. The van der Waals surface area contributed by atoms with E-state index in [1.54, 1.807) is 7.11 Å². The van der Waals surface area contributed by atoms with Crippen LogP contribution in [0.15, 0.2) is 30.6 Å². The van der Waals surface area contributed by atoms with Crippen molar-refractivity contribution in [2.45, 2.75) is 94.9 Å². The molecule has 4 atom stereocenters. The van der Waals surface area contributed by atoms with E-state index >= 15 is 0 Å². The molecule has 0 aliphatic carbocycles. The molecule has 0 saturated carbocycles. The molecule has 3 aliphatic heterocycles. The van der Waals surface area contributed by atoms with Crippen LogP contribution >= 0.6 is 0 Å². The maximum absolute atomic E-state index is 13.4. The van der Waals surface area contributed by atoms with Gasteiger partial charge < -0.3 is 24.4 Å². The first-order valence-corrected chi connectivity index (χ1v) is 15.0. The van der Waals surface area contributed by atoms with Crippen LogP contribution in [0.25, 0.3) is 0 Å². The van der Waals surface area contributed by atoms with Gasteiger partial charge in [0.1, 0.15) is 12.0 Å². The van der Waals surface area contributed by atoms with Crippen LogP contribution in [-0.4, -0.2) is 78.5 Å². The number of piperidine rings is 1. The molecule has 0 radical (unpaired) electrons. The van der Waals surface area contributed by atoms with Crippen LogP contribution in [0.3, 0.4) is 0 Å². The number of rotatable bonds is 8. The molecule has 3 aliphatic rings. The first-order chi connectivity index (χ1) is 20.2. The number of alkyl halides is 3. The second-order valence-electron chi connectivity index (χ2n) is 11.6. The summed E-state index contributed by atoms with van der Waals surface area (Å²) in [5, 5.41) is 3.72. The highest BCUT2D eigenvalue weighted by atomic mass is 19.4. The minimum atomic E-state index is -4.35. The van der Waals surface area contributed by atoms with Gasteiger partial charge in [0.25, 0.3) is 5.91 Å². The van der Waals surface area contributed by atoms with Crippen molar-refractivity contribution in [2.24, 2.45) is 0 Å². The van der Waals surface area contributed by atoms with Crippen LogP contribution in [0.2, 0.25) is 0 Å². The lowest BCUT2D eigenvalue weighted by atomic mass is 9.95. The smallest absolute Gasteiger partial charge is 0.379 e. The monoisotopic (exact) mass is 590 g/mol. The van der Waals surface area contributed by atoms with Gasteiger partial charge in [0.2, 0.25) is 0 Å². The zero-order valence-corrected chi connectivity index (χ0v) is 24.4. The Morgan fingerprint density at radius 1 is 1.10 bits per heavy atom. The number of hydrogen-bond donors (Lipinski definition) is 1. The summed E-state index contributed by atoms with van der Waals surface area (Å²) in [6.45, 7) is 4.57. The summed E-state index contributed by atoms with van der Waals surface area (Å²) in [4.78, 5) is 24.2. The summed E-state index contributed by atoms with van der Waals surface area (Å²) in [6, 6.07) is 5.87. The van der Waals surface area contributed by atoms with Crippen molar-refractivity contribution in [1.29, 1.82) is 0 Å². The molecule has 1 amide bonds. The van der Waals surface area contributed by atoms with Crippen molar-refractivity contribution < 1.29 is 32.2 Å². The van der Waals surface area contributed by atoms with Gasteiger partial charge in [-0.3, -0.25) is 4.79 Å². The fourth-order valence-electron chi connectivity index (χ4n) is 6.33. The number of carbonyl (C=O) groups is 1. The standard InChI is InChI=1S/C31H41F3N4O4/c1-20-25(11-10-24-4-3-5-27(42-24)21-6-8-22(9-7-21)31(32,33)34)35-19-36-29(20)30(39)38-15-12-23(13-16-38)37-26-14-17-41-18-28(26)40-2/h6-9,19,23-24,26-28,37H,3-5,10-18H2,1-2H3/t24-,26+,27+,28-/m1/s1. The fraction of sp³-hybridized carbons (Fsp3) is 0.645. The molecule has 8 nitrogen and oxygen atoms in total. The Labute approximate surface area is 245 Å². The summed E-state index contributed by atoms with van der Waals surface area (Å²) in [5.74, 6) is -0.0632. The van der Waals surface area contributed by atoms with Crippen LogP contribution in [0.5, 0.6) is 0 Å². The number of nitrogens with zero attached hydrogens (tertiary/aromatic N) is 3. The van der Waals surface area contributed by atoms with Gasteiger partial charge in [0.05, 0.1) is 30.5 Å². The maximum Gasteiger partial charge on any atom is 0.416 e. The van der Waals surface area contributed by atoms with E-state index in [9.17, 15) is 18.0 Å². The van der Waals surface area contributed by atoms with Crippen molar-refractivity contribution in [3.63, 3.8) is 0 Å². The number of likely N-dealkylation sites (tertiary alicyclic amines) is 1. The summed E-state index contributed by atoms with van der Waals surface area (Å²) >= 11 is 0. The third-order valence-corrected chi connectivity index (χ3v) is 8.89. The van der Waals surface area contributed by atoms with E-state index in [-0.39, 0.29) is 30.3 Å². The molecule has 5 rings (SSSR count). The van der Waals surface area contributed by atoms with Crippen molar-refractivity contribution >= 4 is 5.91 Å². The normalized spacial score (nSPS) is 25.9. The summed E-state index contributed by atoms with van der Waals surface area (Å²) in [7, 11) is 1.72. The minimum absolute atomic E-state index is 0.0282. The van der Waals surface area contributed by atoms with E-state index in [2.05, 4.69) is 15.3 Å². The molecular weight excluding hydrogens is 549 g/mol. The molecule has 11 heteroatoms. The zero-order valence-electron chi connectivity index (χ0n) is 24.4. The first kappa shape index (κ1) is 30.8. The lowest BCUT2D eigenvalue weighted by Gasteiger charge is -2.38. The average Bonchev–Trinajstić information content (AvgIpc) is 3.01. The lowest BCUT2D eigenvalue weighted by Crippen LogP contribution is -2.54. The number of aryl methyl sites for hydroxylation is 1. The van der Waals surface area contributed by atoms with E-state index in [1.165, 1.54) is 18.5 Å². The third-order valence-electron chi connectivity index (χ3n) is 8.89. The third kappa shape index (κ3) is 7.48. The number of nitrogens with one attached hydrogen (secondary N) is 1. The summed E-state index contributed by atoms with van der Waals surface area (Å²) < 4.78 is 56.2. The largest absolute Gasteiger partial charge is 0.416 e. The zero-order chi connectivity index (χ0) is 29.7. The molecule has 3 saturated heterocycles. The second kappa shape index (κ2) is 13.8. The number of amides is 1. The Balaban J connectivity index is 1.13. The van der Waals surface area contributed by atoms with Gasteiger partial charge in [-0.05, 0) is 76.0 Å². The molecule has 1 aromatic carbocycles. The summed E-state index contributed by atoms with van der Waals surface area (Å²) in [5.41, 5.74) is 2.18. The van der Waals surface area contributed by atoms with Crippen LogP contribution in [0, 0.1) is 6.92 Å². The Hall–Kier alpha value is -2.60. The molecule has 0 unspecified atom stereocenters. The van der Waals surface area contributed by atoms with E-state index in [0.29, 0.717) is 44.3 Å². The number of halogens is 3. The number of hydrogen-bond acceptors (Lipinski definition) is 7. The van der Waals surface area contributed by atoms with Crippen molar-refractivity contribution in [2.75, 3.05) is 33.4 Å².